The molecular formula is C6H13KNO2. The van der Waals surface area contributed by atoms with Crippen molar-refractivity contribution < 1.29 is 9.90 Å². The third kappa shape index (κ3) is 7.18. The predicted molar refractivity (Wildman–Crippen MR) is 41.2 cm³/mol. The molecule has 55 valence electrons. The van der Waals surface area contributed by atoms with Crippen molar-refractivity contribution in [2.45, 2.75) is 13.8 Å². The van der Waals surface area contributed by atoms with E-state index >= 15 is 0 Å². The zero-order chi connectivity index (χ0) is 7.28. The van der Waals surface area contributed by atoms with Crippen molar-refractivity contribution in [3.63, 3.8) is 0 Å². The van der Waals surface area contributed by atoms with Gasteiger partial charge in [-0.15, -0.1) is 0 Å². The van der Waals surface area contributed by atoms with Gasteiger partial charge in [0, 0.05) is 51.4 Å². The van der Waals surface area contributed by atoms with Crippen LogP contribution >= 0.6 is 0 Å². The molecule has 0 aliphatic carbocycles. The van der Waals surface area contributed by atoms with Crippen LogP contribution in [0.25, 0.3) is 0 Å². The van der Waals surface area contributed by atoms with Crippen LogP contribution in [0.1, 0.15) is 13.8 Å². The number of carbonyl (C=O) groups is 1. The number of hydrogen-bond donors (Lipinski definition) is 1. The number of carboxylic acid groups (broad SMARTS) is 1. The van der Waals surface area contributed by atoms with Gasteiger partial charge in [-0.2, -0.15) is 0 Å². The number of nitrogens with zero attached hydrogens (tertiary/aromatic N) is 1. The maximum Gasteiger partial charge on any atom is 0.317 e. The summed E-state index contributed by atoms with van der Waals surface area (Å²) in [5.74, 6) is -0.751. The van der Waals surface area contributed by atoms with Crippen LogP contribution in [0.4, 0.5) is 0 Å². The van der Waals surface area contributed by atoms with E-state index in [2.05, 4.69) is 0 Å². The minimum Gasteiger partial charge on any atom is -0.480 e. The maximum absolute atomic E-state index is 10.1. The molecule has 0 aliphatic rings. The van der Waals surface area contributed by atoms with Crippen molar-refractivity contribution in [1.82, 2.24) is 4.90 Å². The van der Waals surface area contributed by atoms with Crippen LogP contribution in [0.5, 0.6) is 0 Å². The van der Waals surface area contributed by atoms with Gasteiger partial charge < -0.3 is 5.11 Å². The Morgan fingerprint density at radius 2 is 1.80 bits per heavy atom. The van der Waals surface area contributed by atoms with Crippen LogP contribution < -0.4 is 0 Å². The van der Waals surface area contributed by atoms with Crippen LogP contribution in [0.2, 0.25) is 0 Å². The summed E-state index contributed by atoms with van der Waals surface area (Å²) in [5.41, 5.74) is 0. The standard InChI is InChI=1S/C6H13NO2.K/c1-3-7(4-2)5-6(8)9;/h3-5H2,1-2H3,(H,8,9);. The largest absolute Gasteiger partial charge is 0.480 e. The second kappa shape index (κ2) is 8.17. The topological polar surface area (TPSA) is 40.5 Å². The molecule has 0 atom stereocenters. The van der Waals surface area contributed by atoms with Gasteiger partial charge in [-0.25, -0.2) is 0 Å². The first-order chi connectivity index (χ1) is 4.20. The zero-order valence-corrected chi connectivity index (χ0v) is 10.0. The Bertz CT molecular complexity index is 93.7. The minimum atomic E-state index is -0.751. The van der Waals surface area contributed by atoms with Crippen molar-refractivity contribution in [3.8, 4) is 0 Å². The van der Waals surface area contributed by atoms with E-state index in [1.165, 1.54) is 0 Å². The average molecular weight is 170 g/mol. The van der Waals surface area contributed by atoms with Gasteiger partial charge in [0.25, 0.3) is 0 Å². The number of aliphatic carboxylic acids is 1. The molecule has 10 heavy (non-hydrogen) atoms. The second-order valence-electron chi connectivity index (χ2n) is 1.86. The van der Waals surface area contributed by atoms with E-state index in [0.29, 0.717) is 0 Å². The number of rotatable bonds is 4. The SMILES string of the molecule is CCN(CC)CC(=O)O.[K]. The van der Waals surface area contributed by atoms with Gasteiger partial charge >= 0.3 is 5.97 Å². The molecule has 4 heteroatoms. The van der Waals surface area contributed by atoms with E-state index in [4.69, 9.17) is 5.11 Å². The molecule has 0 spiro atoms. The monoisotopic (exact) mass is 170 g/mol. The Morgan fingerprint density at radius 3 is 1.90 bits per heavy atom. The molecule has 0 aliphatic heterocycles. The molecule has 0 bridgehead atoms. The fourth-order valence-corrected chi connectivity index (χ4v) is 0.639. The summed E-state index contributed by atoms with van der Waals surface area (Å²) < 4.78 is 0. The Labute approximate surface area is 104 Å². The van der Waals surface area contributed by atoms with Gasteiger partial charge in [-0.1, -0.05) is 13.8 Å². The van der Waals surface area contributed by atoms with E-state index in [9.17, 15) is 4.79 Å². The smallest absolute Gasteiger partial charge is 0.317 e. The molecule has 0 heterocycles. The first kappa shape index (κ1) is 13.6. The third-order valence-electron chi connectivity index (χ3n) is 1.25. The summed E-state index contributed by atoms with van der Waals surface area (Å²) in [7, 11) is 0. The molecule has 1 radical (unpaired) electrons. The molecular weight excluding hydrogens is 157 g/mol. The molecule has 0 saturated carbocycles. The first-order valence-corrected chi connectivity index (χ1v) is 3.14. The summed E-state index contributed by atoms with van der Waals surface area (Å²) in [4.78, 5) is 11.9. The van der Waals surface area contributed by atoms with Crippen molar-refractivity contribution in [2.75, 3.05) is 19.6 Å². The van der Waals surface area contributed by atoms with E-state index in [1.54, 1.807) is 0 Å². The van der Waals surface area contributed by atoms with E-state index in [-0.39, 0.29) is 57.9 Å². The normalized spacial score (nSPS) is 9.10. The number of carboxylic acids is 1. The van der Waals surface area contributed by atoms with E-state index in [1.807, 2.05) is 18.7 Å². The summed E-state index contributed by atoms with van der Waals surface area (Å²) in [6, 6.07) is 0. The van der Waals surface area contributed by atoms with Crippen molar-refractivity contribution in [1.29, 1.82) is 0 Å². The molecule has 0 amide bonds. The van der Waals surface area contributed by atoms with Crippen molar-refractivity contribution >= 4 is 57.4 Å². The van der Waals surface area contributed by atoms with Crippen LogP contribution in [0.15, 0.2) is 0 Å². The fraction of sp³-hybridized carbons (Fsp3) is 0.833. The average Bonchev–Trinajstić information content (AvgIpc) is 1.82. The van der Waals surface area contributed by atoms with Crippen LogP contribution in [0, 0.1) is 0 Å². The summed E-state index contributed by atoms with van der Waals surface area (Å²) >= 11 is 0. The number of hydrogen-bond acceptors (Lipinski definition) is 2. The van der Waals surface area contributed by atoms with Gasteiger partial charge in [0.05, 0.1) is 6.54 Å². The quantitative estimate of drug-likeness (QED) is 0.605. The molecule has 3 nitrogen and oxygen atoms in total. The van der Waals surface area contributed by atoms with Gasteiger partial charge in [-0.05, 0) is 13.1 Å². The minimum absolute atomic E-state index is 0. The molecule has 1 N–H and O–H groups in total. The van der Waals surface area contributed by atoms with E-state index < -0.39 is 5.97 Å². The molecule has 0 aromatic rings. The molecule has 0 saturated heterocycles. The Morgan fingerprint density at radius 1 is 1.40 bits per heavy atom. The molecule has 0 aromatic heterocycles. The molecule has 0 aromatic carbocycles. The summed E-state index contributed by atoms with van der Waals surface area (Å²) in [6.45, 7) is 5.68. The second-order valence-corrected chi connectivity index (χ2v) is 1.86. The van der Waals surface area contributed by atoms with Gasteiger partial charge in [-0.3, -0.25) is 9.69 Å². The Kier molecular flexibility index (Phi) is 11.1. The van der Waals surface area contributed by atoms with E-state index in [0.717, 1.165) is 13.1 Å². The van der Waals surface area contributed by atoms with Gasteiger partial charge in [0.2, 0.25) is 0 Å². The predicted octanol–water partition coefficient (Wildman–Crippen LogP) is 0.0320. The Balaban J connectivity index is 0. The molecule has 0 unspecified atom stereocenters. The van der Waals surface area contributed by atoms with Crippen molar-refractivity contribution in [3.05, 3.63) is 0 Å². The summed E-state index contributed by atoms with van der Waals surface area (Å²) in [5, 5.41) is 8.30. The van der Waals surface area contributed by atoms with Gasteiger partial charge in [0.1, 0.15) is 0 Å². The first-order valence-electron chi connectivity index (χ1n) is 3.14. The van der Waals surface area contributed by atoms with Gasteiger partial charge in [0.15, 0.2) is 0 Å². The fourth-order valence-electron chi connectivity index (χ4n) is 0.639. The third-order valence-corrected chi connectivity index (χ3v) is 1.25. The number of likely N-dealkylation sites (N-methyl/N-ethyl adjacent to an activating group) is 1. The molecule has 0 fully saturated rings. The van der Waals surface area contributed by atoms with Crippen LogP contribution in [-0.2, 0) is 4.79 Å². The zero-order valence-electron chi connectivity index (χ0n) is 6.92. The summed E-state index contributed by atoms with van der Waals surface area (Å²) in [6.07, 6.45) is 0. The van der Waals surface area contributed by atoms with Crippen LogP contribution in [0.3, 0.4) is 0 Å². The molecule has 0 rings (SSSR count). The van der Waals surface area contributed by atoms with Crippen molar-refractivity contribution in [2.24, 2.45) is 0 Å². The maximum atomic E-state index is 10.1. The Hall–Kier alpha value is 1.07. The van der Waals surface area contributed by atoms with Crippen LogP contribution in [-0.4, -0.2) is 87.0 Å².